The van der Waals surface area contributed by atoms with Gasteiger partial charge in [-0.2, -0.15) is 0 Å². The number of halogens is 1. The van der Waals surface area contributed by atoms with E-state index in [0.717, 1.165) is 15.0 Å². The van der Waals surface area contributed by atoms with Crippen molar-refractivity contribution in [1.29, 1.82) is 0 Å². The van der Waals surface area contributed by atoms with Crippen LogP contribution in [-0.2, 0) is 12.3 Å². The second kappa shape index (κ2) is 6.31. The SMILES string of the molecule is CN(C)c1nnc(SCc2cc(CN)ccc2F)s1. The lowest BCUT2D eigenvalue weighted by atomic mass is 10.1. The summed E-state index contributed by atoms with van der Waals surface area (Å²) >= 11 is 2.98. The summed E-state index contributed by atoms with van der Waals surface area (Å²) in [5, 5.41) is 8.96. The Kier molecular flexibility index (Phi) is 4.73. The van der Waals surface area contributed by atoms with E-state index in [1.165, 1.54) is 29.2 Å². The van der Waals surface area contributed by atoms with Crippen LogP contribution in [0.1, 0.15) is 11.1 Å². The Bertz CT molecular complexity index is 556. The zero-order valence-electron chi connectivity index (χ0n) is 10.8. The van der Waals surface area contributed by atoms with Gasteiger partial charge in [0.15, 0.2) is 4.34 Å². The van der Waals surface area contributed by atoms with Crippen molar-refractivity contribution in [2.75, 3.05) is 19.0 Å². The Morgan fingerprint density at radius 3 is 2.79 bits per heavy atom. The highest BCUT2D eigenvalue weighted by Gasteiger charge is 2.09. The number of nitrogens with two attached hydrogens (primary N) is 1. The van der Waals surface area contributed by atoms with Crippen molar-refractivity contribution in [2.45, 2.75) is 16.6 Å². The lowest BCUT2D eigenvalue weighted by Crippen LogP contribution is -2.07. The van der Waals surface area contributed by atoms with Crippen molar-refractivity contribution < 1.29 is 4.39 Å². The highest BCUT2D eigenvalue weighted by molar-refractivity contribution is 8.00. The summed E-state index contributed by atoms with van der Waals surface area (Å²) in [6.45, 7) is 0.418. The summed E-state index contributed by atoms with van der Waals surface area (Å²) < 4.78 is 14.5. The average molecular weight is 298 g/mol. The molecule has 0 atom stereocenters. The fourth-order valence-corrected chi connectivity index (χ4v) is 3.18. The Morgan fingerprint density at radius 2 is 2.16 bits per heavy atom. The van der Waals surface area contributed by atoms with Crippen LogP contribution in [0.3, 0.4) is 0 Å². The number of thioether (sulfide) groups is 1. The molecule has 2 N–H and O–H groups in total. The third kappa shape index (κ3) is 3.65. The number of hydrogen-bond donors (Lipinski definition) is 1. The lowest BCUT2D eigenvalue weighted by Gasteiger charge is -2.04. The molecule has 7 heteroatoms. The zero-order chi connectivity index (χ0) is 13.8. The van der Waals surface area contributed by atoms with Gasteiger partial charge in [-0.25, -0.2) is 4.39 Å². The molecule has 2 rings (SSSR count). The number of anilines is 1. The number of hydrogen-bond acceptors (Lipinski definition) is 6. The second-order valence-corrected chi connectivity index (χ2v) is 6.34. The van der Waals surface area contributed by atoms with Gasteiger partial charge in [-0.15, -0.1) is 10.2 Å². The molecule has 0 bridgehead atoms. The van der Waals surface area contributed by atoms with Crippen LogP contribution in [0.5, 0.6) is 0 Å². The summed E-state index contributed by atoms with van der Waals surface area (Å²) in [7, 11) is 3.83. The topological polar surface area (TPSA) is 55.0 Å². The van der Waals surface area contributed by atoms with Gasteiger partial charge in [-0.1, -0.05) is 35.2 Å². The molecule has 0 amide bonds. The predicted octanol–water partition coefficient (Wildman–Crippen LogP) is 2.49. The van der Waals surface area contributed by atoms with Gasteiger partial charge in [-0.3, -0.25) is 0 Å². The molecule has 0 radical (unpaired) electrons. The molecule has 0 saturated heterocycles. The number of rotatable bonds is 5. The number of nitrogens with zero attached hydrogens (tertiary/aromatic N) is 3. The Hall–Kier alpha value is -1.18. The van der Waals surface area contributed by atoms with Gasteiger partial charge < -0.3 is 10.6 Å². The smallest absolute Gasteiger partial charge is 0.208 e. The van der Waals surface area contributed by atoms with Crippen LogP contribution >= 0.6 is 23.1 Å². The third-order valence-electron chi connectivity index (χ3n) is 2.48. The highest BCUT2D eigenvalue weighted by Crippen LogP contribution is 2.30. The molecule has 2 aromatic rings. The quantitative estimate of drug-likeness (QED) is 0.860. The molecule has 0 saturated carbocycles. The van der Waals surface area contributed by atoms with Crippen molar-refractivity contribution in [1.82, 2.24) is 10.2 Å². The van der Waals surface area contributed by atoms with Crippen LogP contribution in [0.15, 0.2) is 22.5 Å². The molecule has 0 spiro atoms. The molecule has 4 nitrogen and oxygen atoms in total. The van der Waals surface area contributed by atoms with E-state index in [4.69, 9.17) is 5.73 Å². The fraction of sp³-hybridized carbons (Fsp3) is 0.333. The molecule has 0 unspecified atom stereocenters. The summed E-state index contributed by atoms with van der Waals surface area (Å²) in [6, 6.07) is 4.97. The third-order valence-corrected chi connectivity index (χ3v) is 4.75. The van der Waals surface area contributed by atoms with Gasteiger partial charge in [0.1, 0.15) is 5.82 Å². The molecule has 0 aliphatic heterocycles. The molecule has 1 heterocycles. The Labute approximate surface area is 119 Å². The lowest BCUT2D eigenvalue weighted by molar-refractivity contribution is 0.616. The van der Waals surface area contributed by atoms with E-state index in [2.05, 4.69) is 10.2 Å². The van der Waals surface area contributed by atoms with Crippen LogP contribution in [0, 0.1) is 5.82 Å². The van der Waals surface area contributed by atoms with Crippen molar-refractivity contribution in [3.05, 3.63) is 35.1 Å². The molecule has 1 aromatic heterocycles. The van der Waals surface area contributed by atoms with Crippen LogP contribution in [-0.4, -0.2) is 24.3 Å². The minimum atomic E-state index is -0.206. The maximum atomic E-state index is 13.6. The average Bonchev–Trinajstić information content (AvgIpc) is 2.87. The normalized spacial score (nSPS) is 10.7. The van der Waals surface area contributed by atoms with Gasteiger partial charge >= 0.3 is 0 Å². The minimum absolute atomic E-state index is 0.206. The van der Waals surface area contributed by atoms with Crippen LogP contribution in [0.25, 0.3) is 0 Å². The molecular weight excluding hydrogens is 283 g/mol. The molecule has 0 aliphatic carbocycles. The largest absolute Gasteiger partial charge is 0.353 e. The van der Waals surface area contributed by atoms with E-state index in [1.807, 2.05) is 19.0 Å². The van der Waals surface area contributed by atoms with E-state index in [0.29, 0.717) is 17.9 Å². The van der Waals surface area contributed by atoms with Gasteiger partial charge in [-0.05, 0) is 17.2 Å². The van der Waals surface area contributed by atoms with Crippen LogP contribution in [0.4, 0.5) is 9.52 Å². The summed E-state index contributed by atoms with van der Waals surface area (Å²) in [6.07, 6.45) is 0. The summed E-state index contributed by atoms with van der Waals surface area (Å²) in [5.74, 6) is 0.323. The molecule has 102 valence electrons. The first-order valence-corrected chi connectivity index (χ1v) is 7.51. The first kappa shape index (κ1) is 14.2. The minimum Gasteiger partial charge on any atom is -0.353 e. The molecular formula is C12H15FN4S2. The van der Waals surface area contributed by atoms with E-state index >= 15 is 0 Å². The zero-order valence-corrected chi connectivity index (χ0v) is 12.4. The van der Waals surface area contributed by atoms with Gasteiger partial charge in [0, 0.05) is 26.4 Å². The van der Waals surface area contributed by atoms with Gasteiger partial charge in [0.2, 0.25) is 5.13 Å². The van der Waals surface area contributed by atoms with Crippen molar-refractivity contribution in [2.24, 2.45) is 5.73 Å². The van der Waals surface area contributed by atoms with E-state index in [1.54, 1.807) is 12.1 Å². The van der Waals surface area contributed by atoms with E-state index in [9.17, 15) is 4.39 Å². The number of aromatic nitrogens is 2. The Morgan fingerprint density at radius 1 is 1.37 bits per heavy atom. The van der Waals surface area contributed by atoms with E-state index in [-0.39, 0.29) is 5.82 Å². The highest BCUT2D eigenvalue weighted by atomic mass is 32.2. The summed E-state index contributed by atoms with van der Waals surface area (Å²) in [5.41, 5.74) is 7.14. The molecule has 0 fully saturated rings. The van der Waals surface area contributed by atoms with Crippen molar-refractivity contribution >= 4 is 28.2 Å². The summed E-state index contributed by atoms with van der Waals surface area (Å²) in [4.78, 5) is 1.90. The second-order valence-electron chi connectivity index (χ2n) is 4.16. The first-order valence-electron chi connectivity index (χ1n) is 5.71. The number of benzene rings is 1. The monoisotopic (exact) mass is 298 g/mol. The van der Waals surface area contributed by atoms with Crippen LogP contribution < -0.4 is 10.6 Å². The van der Waals surface area contributed by atoms with Crippen LogP contribution in [0.2, 0.25) is 0 Å². The van der Waals surface area contributed by atoms with Crippen molar-refractivity contribution in [3.8, 4) is 0 Å². The molecule has 1 aromatic carbocycles. The predicted molar refractivity (Wildman–Crippen MR) is 78.1 cm³/mol. The fourth-order valence-electron chi connectivity index (χ4n) is 1.45. The van der Waals surface area contributed by atoms with Crippen molar-refractivity contribution in [3.63, 3.8) is 0 Å². The maximum absolute atomic E-state index is 13.6. The van der Waals surface area contributed by atoms with Gasteiger partial charge in [0.25, 0.3) is 0 Å². The molecule has 0 aliphatic rings. The maximum Gasteiger partial charge on any atom is 0.208 e. The Balaban J connectivity index is 2.05. The molecule has 19 heavy (non-hydrogen) atoms. The van der Waals surface area contributed by atoms with Gasteiger partial charge in [0.05, 0.1) is 0 Å². The van der Waals surface area contributed by atoms with E-state index < -0.39 is 0 Å². The first-order chi connectivity index (χ1) is 9.10. The standard InChI is InChI=1S/C12H15FN4S2/c1-17(2)11-15-16-12(19-11)18-7-9-5-8(6-14)3-4-10(9)13/h3-5H,6-7,14H2,1-2H3.